The fourth-order valence-electron chi connectivity index (χ4n) is 1.22. The van der Waals surface area contributed by atoms with E-state index in [2.05, 4.69) is 21.9 Å². The third-order valence-electron chi connectivity index (χ3n) is 1.86. The van der Waals surface area contributed by atoms with E-state index in [1.807, 2.05) is 20.8 Å². The van der Waals surface area contributed by atoms with Gasteiger partial charge in [-0.3, -0.25) is 0 Å². The van der Waals surface area contributed by atoms with Gasteiger partial charge in [-0.2, -0.15) is 4.98 Å². The summed E-state index contributed by atoms with van der Waals surface area (Å²) in [7, 11) is 0. The van der Waals surface area contributed by atoms with Crippen LogP contribution in [0.4, 0.5) is 5.95 Å². The number of rotatable bonds is 8. The molecule has 1 N–H and O–H groups in total. The predicted molar refractivity (Wildman–Crippen MR) is 71.9 cm³/mol. The van der Waals surface area contributed by atoms with Gasteiger partial charge >= 0.3 is 0 Å². The van der Waals surface area contributed by atoms with Crippen LogP contribution in [0.15, 0.2) is 24.4 Å². The highest BCUT2D eigenvalue weighted by Crippen LogP contribution is 2.09. The Morgan fingerprint density at radius 1 is 1.50 bits per heavy atom. The molecule has 0 aromatic carbocycles. The molecule has 0 bridgehead atoms. The highest BCUT2D eigenvalue weighted by atomic mass is 16.5. The van der Waals surface area contributed by atoms with E-state index >= 15 is 0 Å². The normalized spacial score (nSPS) is 10.4. The van der Waals surface area contributed by atoms with Gasteiger partial charge in [0.25, 0.3) is 0 Å². The summed E-state index contributed by atoms with van der Waals surface area (Å²) in [5.74, 6) is 1.12. The maximum absolute atomic E-state index is 5.48. The molecular formula is C13H21N3O2. The molecule has 18 heavy (non-hydrogen) atoms. The molecule has 0 aliphatic carbocycles. The van der Waals surface area contributed by atoms with Crippen LogP contribution in [0.1, 0.15) is 20.8 Å². The molecule has 1 aromatic heterocycles. The van der Waals surface area contributed by atoms with Crippen LogP contribution in [-0.2, 0) is 4.74 Å². The van der Waals surface area contributed by atoms with Crippen molar-refractivity contribution in [2.24, 2.45) is 0 Å². The van der Waals surface area contributed by atoms with E-state index in [4.69, 9.17) is 9.47 Å². The molecule has 0 radical (unpaired) electrons. The van der Waals surface area contributed by atoms with E-state index < -0.39 is 0 Å². The van der Waals surface area contributed by atoms with Gasteiger partial charge in [0.2, 0.25) is 11.8 Å². The molecule has 100 valence electrons. The first-order valence-electron chi connectivity index (χ1n) is 6.03. The minimum Gasteiger partial charge on any atom is -0.475 e. The molecule has 0 aliphatic heterocycles. The van der Waals surface area contributed by atoms with Crippen LogP contribution in [0.2, 0.25) is 0 Å². The largest absolute Gasteiger partial charge is 0.475 e. The quantitative estimate of drug-likeness (QED) is 0.567. The summed E-state index contributed by atoms with van der Waals surface area (Å²) < 4.78 is 10.8. The lowest BCUT2D eigenvalue weighted by Crippen LogP contribution is -2.13. The number of hydrogen-bond acceptors (Lipinski definition) is 5. The molecule has 1 heterocycles. The number of aromatic nitrogens is 2. The lowest BCUT2D eigenvalue weighted by atomic mass is 10.4. The summed E-state index contributed by atoms with van der Waals surface area (Å²) in [4.78, 5) is 8.33. The molecule has 1 aromatic rings. The molecule has 5 nitrogen and oxygen atoms in total. The Morgan fingerprint density at radius 2 is 2.28 bits per heavy atom. The first-order valence-corrected chi connectivity index (χ1v) is 6.03. The van der Waals surface area contributed by atoms with Crippen LogP contribution >= 0.6 is 0 Å². The zero-order chi connectivity index (χ0) is 13.4. The summed E-state index contributed by atoms with van der Waals surface area (Å²) in [5, 5.41) is 3.08. The fraction of sp³-hybridized carbons (Fsp3) is 0.538. The third kappa shape index (κ3) is 6.20. The maximum atomic E-state index is 5.48. The molecule has 0 saturated heterocycles. The second-order valence-electron chi connectivity index (χ2n) is 4.32. The van der Waals surface area contributed by atoms with Gasteiger partial charge in [0.15, 0.2) is 0 Å². The average molecular weight is 251 g/mol. The zero-order valence-corrected chi connectivity index (χ0v) is 11.3. The number of anilines is 1. The molecule has 5 heteroatoms. The molecule has 0 spiro atoms. The molecule has 0 aliphatic rings. The van der Waals surface area contributed by atoms with Crippen molar-refractivity contribution in [1.29, 1.82) is 0 Å². The van der Waals surface area contributed by atoms with Crippen molar-refractivity contribution < 1.29 is 9.47 Å². The molecule has 1 rings (SSSR count). The Morgan fingerprint density at radius 3 is 2.94 bits per heavy atom. The lowest BCUT2D eigenvalue weighted by molar-refractivity contribution is 0.167. The van der Waals surface area contributed by atoms with Crippen molar-refractivity contribution in [3.8, 4) is 5.88 Å². The van der Waals surface area contributed by atoms with Crippen molar-refractivity contribution in [3.63, 3.8) is 0 Å². The van der Waals surface area contributed by atoms with Gasteiger partial charge in [0.05, 0.1) is 19.3 Å². The number of hydrogen-bond donors (Lipinski definition) is 1. The lowest BCUT2D eigenvalue weighted by Gasteiger charge is -2.10. The SMILES string of the molecule is C=C(C)COCCNc1nccc(OC(C)C)n1. The van der Waals surface area contributed by atoms with Crippen LogP contribution in [0.3, 0.4) is 0 Å². The Labute approximate surface area is 108 Å². The summed E-state index contributed by atoms with van der Waals surface area (Å²) in [6.45, 7) is 11.4. The van der Waals surface area contributed by atoms with Crippen LogP contribution < -0.4 is 10.1 Å². The van der Waals surface area contributed by atoms with Gasteiger partial charge in [-0.1, -0.05) is 12.2 Å². The smallest absolute Gasteiger partial charge is 0.226 e. The van der Waals surface area contributed by atoms with Crippen molar-refractivity contribution in [3.05, 3.63) is 24.4 Å². The van der Waals surface area contributed by atoms with Crippen LogP contribution in [-0.4, -0.2) is 35.8 Å². The molecule has 0 fully saturated rings. The Bertz CT molecular complexity index is 380. The summed E-state index contributed by atoms with van der Waals surface area (Å²) in [6.07, 6.45) is 1.77. The molecule has 0 saturated carbocycles. The zero-order valence-electron chi connectivity index (χ0n) is 11.3. The number of nitrogens with one attached hydrogen (secondary N) is 1. The van der Waals surface area contributed by atoms with Gasteiger partial charge in [0.1, 0.15) is 0 Å². The molecule has 0 amide bonds. The van der Waals surface area contributed by atoms with Gasteiger partial charge in [-0.25, -0.2) is 4.98 Å². The van der Waals surface area contributed by atoms with Gasteiger partial charge in [0, 0.05) is 18.8 Å². The molecule has 0 unspecified atom stereocenters. The molecular weight excluding hydrogens is 230 g/mol. The second kappa shape index (κ2) is 7.66. The number of nitrogens with zero attached hydrogens (tertiary/aromatic N) is 2. The van der Waals surface area contributed by atoms with E-state index in [0.717, 1.165) is 5.57 Å². The van der Waals surface area contributed by atoms with E-state index in [1.54, 1.807) is 12.3 Å². The van der Waals surface area contributed by atoms with Crippen molar-refractivity contribution in [2.45, 2.75) is 26.9 Å². The van der Waals surface area contributed by atoms with Gasteiger partial charge in [-0.15, -0.1) is 0 Å². The van der Waals surface area contributed by atoms with E-state index in [9.17, 15) is 0 Å². The topological polar surface area (TPSA) is 56.3 Å². The Hall–Kier alpha value is -1.62. The first-order chi connectivity index (χ1) is 8.58. The molecule has 0 atom stereocenters. The van der Waals surface area contributed by atoms with Crippen molar-refractivity contribution >= 4 is 5.95 Å². The van der Waals surface area contributed by atoms with Crippen LogP contribution in [0.5, 0.6) is 5.88 Å². The monoisotopic (exact) mass is 251 g/mol. The van der Waals surface area contributed by atoms with E-state index in [1.165, 1.54) is 0 Å². The Balaban J connectivity index is 2.31. The van der Waals surface area contributed by atoms with Gasteiger partial charge in [-0.05, 0) is 20.8 Å². The van der Waals surface area contributed by atoms with Crippen molar-refractivity contribution in [2.75, 3.05) is 25.1 Å². The minimum atomic E-state index is 0.103. The minimum absolute atomic E-state index is 0.103. The third-order valence-corrected chi connectivity index (χ3v) is 1.86. The second-order valence-corrected chi connectivity index (χ2v) is 4.32. The summed E-state index contributed by atoms with van der Waals surface area (Å²) in [5.41, 5.74) is 1.01. The average Bonchev–Trinajstić information content (AvgIpc) is 2.27. The number of ether oxygens (including phenoxy) is 2. The highest BCUT2D eigenvalue weighted by Gasteiger charge is 2.01. The fourth-order valence-corrected chi connectivity index (χ4v) is 1.22. The predicted octanol–water partition coefficient (Wildman–Crippen LogP) is 2.27. The highest BCUT2D eigenvalue weighted by molar-refractivity contribution is 5.27. The van der Waals surface area contributed by atoms with Gasteiger partial charge < -0.3 is 14.8 Å². The van der Waals surface area contributed by atoms with Crippen LogP contribution in [0, 0.1) is 0 Å². The van der Waals surface area contributed by atoms with Crippen molar-refractivity contribution in [1.82, 2.24) is 9.97 Å². The maximum Gasteiger partial charge on any atom is 0.226 e. The standard InChI is InChI=1S/C13H21N3O2/c1-10(2)9-17-8-7-15-13-14-6-5-12(16-13)18-11(3)4/h5-6,11H,1,7-9H2,2-4H3,(H,14,15,16). The summed E-state index contributed by atoms with van der Waals surface area (Å²) in [6, 6.07) is 1.74. The van der Waals surface area contributed by atoms with E-state index in [0.29, 0.717) is 31.6 Å². The van der Waals surface area contributed by atoms with E-state index in [-0.39, 0.29) is 6.10 Å². The summed E-state index contributed by atoms with van der Waals surface area (Å²) >= 11 is 0. The Kier molecular flexibility index (Phi) is 6.14. The first kappa shape index (κ1) is 14.4. The van der Waals surface area contributed by atoms with Crippen LogP contribution in [0.25, 0.3) is 0 Å².